The van der Waals surface area contributed by atoms with Crippen LogP contribution in [0.2, 0.25) is 0 Å². The third kappa shape index (κ3) is 3.54. The van der Waals surface area contributed by atoms with Crippen molar-refractivity contribution in [2.24, 2.45) is 23.2 Å². The molecule has 3 aliphatic rings. The molecule has 1 saturated heterocycles. The lowest BCUT2D eigenvalue weighted by Crippen LogP contribution is -2.52. The van der Waals surface area contributed by atoms with E-state index in [-0.39, 0.29) is 40.8 Å². The van der Waals surface area contributed by atoms with E-state index in [4.69, 9.17) is 4.74 Å². The first-order valence-electron chi connectivity index (χ1n) is 12.0. The normalized spacial score (nSPS) is 27.8. The molecule has 8 heteroatoms. The monoisotopic (exact) mass is 462 g/mol. The molecule has 8 nitrogen and oxygen atoms in total. The van der Waals surface area contributed by atoms with Gasteiger partial charge < -0.3 is 19.9 Å². The Morgan fingerprint density at radius 3 is 2.85 bits per heavy atom. The molecular weight excluding hydrogens is 432 g/mol. The average Bonchev–Trinajstić information content (AvgIpc) is 3.33. The Kier molecular flexibility index (Phi) is 5.38. The van der Waals surface area contributed by atoms with Crippen LogP contribution in [0.4, 0.5) is 0 Å². The van der Waals surface area contributed by atoms with Gasteiger partial charge in [-0.25, -0.2) is 0 Å². The Bertz CT molecular complexity index is 1210. The third-order valence-electron chi connectivity index (χ3n) is 8.24. The minimum Gasteiger partial charge on any atom is -0.496 e. The molecule has 1 aliphatic heterocycles. The summed E-state index contributed by atoms with van der Waals surface area (Å²) in [7, 11) is 1.59. The molecule has 5 rings (SSSR count). The van der Waals surface area contributed by atoms with Gasteiger partial charge in [-0.05, 0) is 54.7 Å². The number of benzene rings is 1. The van der Waals surface area contributed by atoms with Gasteiger partial charge in [-0.2, -0.15) is 5.26 Å². The summed E-state index contributed by atoms with van der Waals surface area (Å²) in [6, 6.07) is 8.11. The number of aromatic nitrogens is 1. The molecule has 2 amide bonds. The lowest BCUT2D eigenvalue weighted by atomic mass is 9.96. The summed E-state index contributed by atoms with van der Waals surface area (Å²) in [6.07, 6.45) is 2.49. The fraction of sp³-hybridized carbons (Fsp3) is 0.538. The van der Waals surface area contributed by atoms with Crippen LogP contribution in [0, 0.1) is 34.5 Å². The number of fused-ring (bicyclic) bond motifs is 2. The van der Waals surface area contributed by atoms with E-state index in [1.165, 1.54) is 0 Å². The van der Waals surface area contributed by atoms with E-state index < -0.39 is 12.1 Å². The lowest BCUT2D eigenvalue weighted by Gasteiger charge is -2.30. The molecular formula is C26H30N4O4. The number of nitriles is 1. The van der Waals surface area contributed by atoms with E-state index in [1.54, 1.807) is 18.1 Å². The summed E-state index contributed by atoms with van der Waals surface area (Å²) in [6.45, 7) is 4.74. The average molecular weight is 463 g/mol. The first-order chi connectivity index (χ1) is 16.3. The first-order valence-corrected chi connectivity index (χ1v) is 12.0. The number of methoxy groups -OCH3 is 1. The van der Waals surface area contributed by atoms with Gasteiger partial charge in [0, 0.05) is 29.8 Å². The number of Topliss-reactive ketones (excluding diaryl/α,β-unsaturated/α-hetero) is 1. The molecule has 2 N–H and O–H groups in total. The molecule has 34 heavy (non-hydrogen) atoms. The van der Waals surface area contributed by atoms with Gasteiger partial charge in [0.2, 0.25) is 5.91 Å². The SMILES string of the molecule is COc1cccc2[nH]c(C(=O)N3C[C@H]4[C@@H]([C@H]3C(=O)N[C@H](C#N)C[C@@H]3CCCC3=O)C4(C)C)cc12. The van der Waals surface area contributed by atoms with Gasteiger partial charge in [0.25, 0.3) is 5.91 Å². The van der Waals surface area contributed by atoms with E-state index in [0.717, 1.165) is 23.7 Å². The number of H-pyrrole nitrogens is 1. The summed E-state index contributed by atoms with van der Waals surface area (Å²) in [4.78, 5) is 43.8. The summed E-state index contributed by atoms with van der Waals surface area (Å²) < 4.78 is 5.41. The van der Waals surface area contributed by atoms with Gasteiger partial charge in [0.1, 0.15) is 29.3 Å². The maximum atomic E-state index is 13.5. The van der Waals surface area contributed by atoms with Gasteiger partial charge in [-0.1, -0.05) is 19.9 Å². The summed E-state index contributed by atoms with van der Waals surface area (Å²) in [5.74, 6) is 0.414. The zero-order valence-corrected chi connectivity index (χ0v) is 19.8. The minimum absolute atomic E-state index is 0.0357. The number of rotatable bonds is 6. The van der Waals surface area contributed by atoms with Crippen LogP contribution in [-0.2, 0) is 9.59 Å². The maximum Gasteiger partial charge on any atom is 0.271 e. The molecule has 2 aromatic rings. The van der Waals surface area contributed by atoms with Crippen LogP contribution in [-0.4, -0.2) is 53.2 Å². The van der Waals surface area contributed by atoms with Crippen LogP contribution in [0.5, 0.6) is 5.75 Å². The Morgan fingerprint density at radius 2 is 2.18 bits per heavy atom. The highest BCUT2D eigenvalue weighted by Crippen LogP contribution is 2.65. The second kappa shape index (κ2) is 8.15. The van der Waals surface area contributed by atoms with E-state index in [0.29, 0.717) is 30.8 Å². The van der Waals surface area contributed by atoms with Crippen molar-refractivity contribution in [3.05, 3.63) is 30.0 Å². The van der Waals surface area contributed by atoms with E-state index in [1.807, 2.05) is 18.2 Å². The van der Waals surface area contributed by atoms with Crippen molar-refractivity contribution in [3.63, 3.8) is 0 Å². The molecule has 5 atom stereocenters. The van der Waals surface area contributed by atoms with Crippen molar-refractivity contribution < 1.29 is 19.1 Å². The Hall–Kier alpha value is -3.34. The summed E-state index contributed by atoms with van der Waals surface area (Å²) in [5.41, 5.74) is 1.16. The van der Waals surface area contributed by atoms with E-state index >= 15 is 0 Å². The van der Waals surface area contributed by atoms with Gasteiger partial charge in [-0.15, -0.1) is 0 Å². The highest BCUT2D eigenvalue weighted by molar-refractivity contribution is 6.02. The largest absolute Gasteiger partial charge is 0.496 e. The maximum absolute atomic E-state index is 13.5. The van der Waals surface area contributed by atoms with Gasteiger partial charge in [0.05, 0.1) is 13.2 Å². The Labute approximate surface area is 198 Å². The zero-order chi connectivity index (χ0) is 24.2. The van der Waals surface area contributed by atoms with Crippen LogP contribution in [0.15, 0.2) is 24.3 Å². The number of aromatic amines is 1. The molecule has 1 aromatic carbocycles. The van der Waals surface area contributed by atoms with Crippen molar-refractivity contribution in [2.45, 2.75) is 51.6 Å². The minimum atomic E-state index is -0.741. The second-order valence-corrected chi connectivity index (χ2v) is 10.4. The quantitative estimate of drug-likeness (QED) is 0.685. The molecule has 0 radical (unpaired) electrons. The topological polar surface area (TPSA) is 115 Å². The standard InChI is InChI=1S/C26H30N4O4/c1-26(2)17-13-30(25(33)19-11-16-18(29-19)7-5-9-21(16)34-3)23(22(17)26)24(32)28-15(12-27)10-14-6-4-8-20(14)31/h5,7,9,11,14-15,17,22-23,29H,4,6,8,10,13H2,1-3H3,(H,28,32)/t14-,15-,17-,22-,23-/m0/s1. The number of carbonyl (C=O) groups excluding carboxylic acids is 3. The van der Waals surface area contributed by atoms with Crippen LogP contribution < -0.4 is 10.1 Å². The van der Waals surface area contributed by atoms with Crippen LogP contribution >= 0.6 is 0 Å². The van der Waals surface area contributed by atoms with Crippen LogP contribution in [0.3, 0.4) is 0 Å². The lowest BCUT2D eigenvalue weighted by molar-refractivity contribution is -0.127. The van der Waals surface area contributed by atoms with Crippen LogP contribution in [0.25, 0.3) is 10.9 Å². The van der Waals surface area contributed by atoms with Crippen molar-refractivity contribution in [2.75, 3.05) is 13.7 Å². The van der Waals surface area contributed by atoms with E-state index in [9.17, 15) is 19.6 Å². The Morgan fingerprint density at radius 1 is 1.38 bits per heavy atom. The van der Waals surface area contributed by atoms with Crippen molar-refractivity contribution in [3.8, 4) is 11.8 Å². The summed E-state index contributed by atoms with van der Waals surface area (Å²) in [5, 5.41) is 13.3. The molecule has 0 spiro atoms. The number of nitrogens with zero attached hydrogens (tertiary/aromatic N) is 2. The van der Waals surface area contributed by atoms with E-state index in [2.05, 4.69) is 30.2 Å². The molecule has 0 unspecified atom stereocenters. The first kappa shape index (κ1) is 22.5. The highest BCUT2D eigenvalue weighted by Gasteiger charge is 2.69. The molecule has 0 bridgehead atoms. The van der Waals surface area contributed by atoms with Crippen molar-refractivity contribution >= 4 is 28.5 Å². The van der Waals surface area contributed by atoms with Gasteiger partial charge in [-0.3, -0.25) is 14.4 Å². The second-order valence-electron chi connectivity index (χ2n) is 10.4. The fourth-order valence-corrected chi connectivity index (χ4v) is 6.19. The number of hydrogen-bond donors (Lipinski definition) is 2. The Balaban J connectivity index is 1.37. The predicted molar refractivity (Wildman–Crippen MR) is 125 cm³/mol. The third-order valence-corrected chi connectivity index (χ3v) is 8.24. The molecule has 3 fully saturated rings. The number of ether oxygens (including phenoxy) is 1. The molecule has 1 aromatic heterocycles. The van der Waals surface area contributed by atoms with Gasteiger partial charge in [0.15, 0.2) is 0 Å². The number of hydrogen-bond acceptors (Lipinski definition) is 5. The number of piperidine rings is 1. The van der Waals surface area contributed by atoms with Crippen molar-refractivity contribution in [1.82, 2.24) is 15.2 Å². The number of ketones is 1. The number of carbonyl (C=O) groups is 3. The fourth-order valence-electron chi connectivity index (χ4n) is 6.19. The number of likely N-dealkylation sites (tertiary alicyclic amines) is 1. The highest BCUT2D eigenvalue weighted by atomic mass is 16.5. The predicted octanol–water partition coefficient (Wildman–Crippen LogP) is 3.04. The summed E-state index contributed by atoms with van der Waals surface area (Å²) >= 11 is 0. The molecule has 178 valence electrons. The zero-order valence-electron chi connectivity index (χ0n) is 19.8. The number of amides is 2. The smallest absolute Gasteiger partial charge is 0.271 e. The molecule has 2 heterocycles. The number of nitrogens with one attached hydrogen (secondary N) is 2. The van der Waals surface area contributed by atoms with Crippen LogP contribution in [0.1, 0.15) is 50.0 Å². The molecule has 2 aliphatic carbocycles. The molecule has 2 saturated carbocycles. The van der Waals surface area contributed by atoms with Gasteiger partial charge >= 0.3 is 0 Å². The van der Waals surface area contributed by atoms with Crippen molar-refractivity contribution in [1.29, 1.82) is 5.26 Å².